The number of allylic oxidation sites excluding steroid dienone is 2. The van der Waals surface area contributed by atoms with E-state index in [9.17, 15) is 4.79 Å². The number of para-hydroxylation sites is 1. The van der Waals surface area contributed by atoms with Gasteiger partial charge in [0.25, 0.3) is 5.91 Å². The molecule has 1 aliphatic rings. The molecule has 1 atom stereocenters. The summed E-state index contributed by atoms with van der Waals surface area (Å²) in [4.78, 5) is 16.4. The zero-order valence-electron chi connectivity index (χ0n) is 11.7. The molecule has 0 fully saturated rings. The minimum atomic E-state index is -0.275. The molecule has 0 aliphatic heterocycles. The van der Waals surface area contributed by atoms with Crippen LogP contribution in [0, 0.1) is 5.92 Å². The molecule has 1 unspecified atom stereocenters. The molecule has 1 aromatic heterocycles. The molecule has 2 aromatic rings. The molecular weight excluding hydrogens is 262 g/mol. The quantitative estimate of drug-likeness (QED) is 0.532. The van der Waals surface area contributed by atoms with Gasteiger partial charge in [-0.05, 0) is 37.3 Å². The van der Waals surface area contributed by atoms with Crippen molar-refractivity contribution >= 4 is 23.0 Å². The highest BCUT2D eigenvalue weighted by atomic mass is 16.2. The molecule has 1 N–H and O–H groups in total. The third-order valence-electron chi connectivity index (χ3n) is 3.59. The molecule has 4 nitrogen and oxygen atoms in total. The molecule has 0 bridgehead atoms. The fourth-order valence-corrected chi connectivity index (χ4v) is 2.40. The van der Waals surface area contributed by atoms with Gasteiger partial charge in [-0.25, -0.2) is 10.4 Å². The van der Waals surface area contributed by atoms with Crippen molar-refractivity contribution in [2.24, 2.45) is 11.0 Å². The molecule has 3 rings (SSSR count). The first-order chi connectivity index (χ1) is 10.3. The van der Waals surface area contributed by atoms with Crippen LogP contribution in [-0.4, -0.2) is 17.1 Å². The molecule has 0 saturated heterocycles. The standard InChI is InChI=1S/C17H17N3O/c21-17(20-18-12-13-6-2-1-3-7-13)16-11-10-14-8-4-5-9-15(14)19-16/h1-2,4-5,8-13H,3,6-7H2,(H,20,21)/b18-12+. The fraction of sp³-hybridized carbons (Fsp3) is 0.235. The van der Waals surface area contributed by atoms with Gasteiger partial charge in [-0.15, -0.1) is 0 Å². The van der Waals surface area contributed by atoms with Gasteiger partial charge in [0.05, 0.1) is 5.52 Å². The molecule has 0 saturated carbocycles. The van der Waals surface area contributed by atoms with Gasteiger partial charge in [-0.3, -0.25) is 4.79 Å². The summed E-state index contributed by atoms with van der Waals surface area (Å²) in [6, 6.07) is 11.3. The maximum Gasteiger partial charge on any atom is 0.289 e. The maximum atomic E-state index is 12.0. The molecule has 21 heavy (non-hydrogen) atoms. The lowest BCUT2D eigenvalue weighted by Crippen LogP contribution is -2.20. The summed E-state index contributed by atoms with van der Waals surface area (Å²) in [6.45, 7) is 0. The van der Waals surface area contributed by atoms with Crippen LogP contribution in [0.15, 0.2) is 53.7 Å². The molecule has 1 aromatic carbocycles. The minimum Gasteiger partial charge on any atom is -0.266 e. The predicted octanol–water partition coefficient (Wildman–Crippen LogP) is 3.31. The fourth-order valence-electron chi connectivity index (χ4n) is 2.40. The smallest absolute Gasteiger partial charge is 0.266 e. The molecular formula is C17H17N3O. The number of benzene rings is 1. The Hall–Kier alpha value is -2.49. The zero-order chi connectivity index (χ0) is 14.5. The lowest BCUT2D eigenvalue weighted by molar-refractivity contribution is 0.0950. The van der Waals surface area contributed by atoms with Crippen LogP contribution >= 0.6 is 0 Å². The van der Waals surface area contributed by atoms with E-state index in [0.29, 0.717) is 11.6 Å². The monoisotopic (exact) mass is 279 g/mol. The summed E-state index contributed by atoms with van der Waals surface area (Å²) in [7, 11) is 0. The number of hydrogen-bond donors (Lipinski definition) is 1. The van der Waals surface area contributed by atoms with E-state index in [1.54, 1.807) is 6.07 Å². The lowest BCUT2D eigenvalue weighted by Gasteiger charge is -2.11. The Morgan fingerprint density at radius 3 is 3.00 bits per heavy atom. The van der Waals surface area contributed by atoms with Crippen LogP contribution in [0.4, 0.5) is 0 Å². The van der Waals surface area contributed by atoms with Crippen LogP contribution in [0.2, 0.25) is 0 Å². The van der Waals surface area contributed by atoms with Crippen molar-refractivity contribution < 1.29 is 4.79 Å². The first-order valence-corrected chi connectivity index (χ1v) is 7.17. The Bertz CT molecular complexity index is 706. The van der Waals surface area contributed by atoms with E-state index in [2.05, 4.69) is 27.7 Å². The van der Waals surface area contributed by atoms with Crippen molar-refractivity contribution in [1.29, 1.82) is 0 Å². The molecule has 0 spiro atoms. The van der Waals surface area contributed by atoms with Crippen molar-refractivity contribution in [2.45, 2.75) is 19.3 Å². The first-order valence-electron chi connectivity index (χ1n) is 7.17. The van der Waals surface area contributed by atoms with Gasteiger partial charge in [-0.1, -0.05) is 36.4 Å². The van der Waals surface area contributed by atoms with E-state index in [1.807, 2.05) is 36.5 Å². The summed E-state index contributed by atoms with van der Waals surface area (Å²) < 4.78 is 0. The third kappa shape index (κ3) is 3.34. The number of fused-ring (bicyclic) bond motifs is 1. The second kappa shape index (κ2) is 6.31. The van der Waals surface area contributed by atoms with Gasteiger partial charge in [0.1, 0.15) is 5.69 Å². The number of carbonyl (C=O) groups excluding carboxylic acids is 1. The van der Waals surface area contributed by atoms with Gasteiger partial charge in [0.2, 0.25) is 0 Å². The number of nitrogens with one attached hydrogen (secondary N) is 1. The van der Waals surface area contributed by atoms with E-state index in [0.717, 1.165) is 30.2 Å². The maximum absolute atomic E-state index is 12.0. The zero-order valence-corrected chi connectivity index (χ0v) is 11.7. The van der Waals surface area contributed by atoms with E-state index in [4.69, 9.17) is 0 Å². The summed E-state index contributed by atoms with van der Waals surface area (Å²) in [6.07, 6.45) is 9.33. The van der Waals surface area contributed by atoms with Gasteiger partial charge in [0, 0.05) is 11.6 Å². The van der Waals surface area contributed by atoms with Crippen LogP contribution in [0.25, 0.3) is 10.9 Å². The number of carbonyl (C=O) groups is 1. The Labute approximate surface area is 123 Å². The molecule has 1 heterocycles. The topological polar surface area (TPSA) is 54.4 Å². The molecule has 1 aliphatic carbocycles. The SMILES string of the molecule is O=C(N/N=C/C1CC=CCC1)c1ccc2ccccc2n1. The summed E-state index contributed by atoms with van der Waals surface area (Å²) in [5, 5.41) is 5.07. The van der Waals surface area contributed by atoms with Crippen molar-refractivity contribution in [3.05, 3.63) is 54.2 Å². The van der Waals surface area contributed by atoms with Crippen molar-refractivity contribution in [3.8, 4) is 0 Å². The summed E-state index contributed by atoms with van der Waals surface area (Å²) in [5.74, 6) is 0.142. The molecule has 0 radical (unpaired) electrons. The van der Waals surface area contributed by atoms with Crippen molar-refractivity contribution in [2.75, 3.05) is 0 Å². The summed E-state index contributed by atoms with van der Waals surface area (Å²) in [5.41, 5.74) is 3.75. The van der Waals surface area contributed by atoms with Gasteiger partial charge >= 0.3 is 0 Å². The van der Waals surface area contributed by atoms with Gasteiger partial charge < -0.3 is 0 Å². The van der Waals surface area contributed by atoms with E-state index in [1.165, 1.54) is 0 Å². The number of aromatic nitrogens is 1. The first kappa shape index (κ1) is 13.5. The van der Waals surface area contributed by atoms with E-state index >= 15 is 0 Å². The molecule has 106 valence electrons. The predicted molar refractivity (Wildman–Crippen MR) is 84.2 cm³/mol. The average Bonchev–Trinajstić information content (AvgIpc) is 2.55. The van der Waals surface area contributed by atoms with Crippen molar-refractivity contribution in [3.63, 3.8) is 0 Å². The number of hydrazone groups is 1. The summed E-state index contributed by atoms with van der Waals surface area (Å²) >= 11 is 0. The van der Waals surface area contributed by atoms with E-state index in [-0.39, 0.29) is 5.91 Å². The van der Waals surface area contributed by atoms with E-state index < -0.39 is 0 Å². The number of pyridine rings is 1. The van der Waals surface area contributed by atoms with Crippen LogP contribution < -0.4 is 5.43 Å². The number of nitrogens with zero attached hydrogens (tertiary/aromatic N) is 2. The van der Waals surface area contributed by atoms with Crippen LogP contribution in [0.3, 0.4) is 0 Å². The van der Waals surface area contributed by atoms with Crippen LogP contribution in [0.1, 0.15) is 29.8 Å². The molecule has 1 amide bonds. The lowest BCUT2D eigenvalue weighted by atomic mass is 9.96. The Balaban J connectivity index is 1.66. The van der Waals surface area contributed by atoms with Crippen LogP contribution in [-0.2, 0) is 0 Å². The Kier molecular flexibility index (Phi) is 4.05. The Morgan fingerprint density at radius 2 is 2.14 bits per heavy atom. The Morgan fingerprint density at radius 1 is 1.24 bits per heavy atom. The second-order valence-corrected chi connectivity index (χ2v) is 5.15. The number of rotatable bonds is 3. The van der Waals surface area contributed by atoms with Crippen LogP contribution in [0.5, 0.6) is 0 Å². The number of amides is 1. The highest BCUT2D eigenvalue weighted by Crippen LogP contribution is 2.15. The van der Waals surface area contributed by atoms with Crippen molar-refractivity contribution in [1.82, 2.24) is 10.4 Å². The largest absolute Gasteiger partial charge is 0.289 e. The van der Waals surface area contributed by atoms with Gasteiger partial charge in [-0.2, -0.15) is 5.10 Å². The third-order valence-corrected chi connectivity index (χ3v) is 3.59. The average molecular weight is 279 g/mol. The highest BCUT2D eigenvalue weighted by molar-refractivity contribution is 5.95. The minimum absolute atomic E-state index is 0.275. The highest BCUT2D eigenvalue weighted by Gasteiger charge is 2.09. The second-order valence-electron chi connectivity index (χ2n) is 5.15. The molecule has 4 heteroatoms. The number of hydrogen-bond acceptors (Lipinski definition) is 3. The normalized spacial score (nSPS) is 18.2. The van der Waals surface area contributed by atoms with Gasteiger partial charge in [0.15, 0.2) is 0 Å².